The highest BCUT2D eigenvalue weighted by molar-refractivity contribution is 6.34. The first-order chi connectivity index (χ1) is 9.53. The van der Waals surface area contributed by atoms with Gasteiger partial charge in [0.05, 0.1) is 5.56 Å². The van der Waals surface area contributed by atoms with Crippen molar-refractivity contribution >= 4 is 29.0 Å². The smallest absolute Gasteiger partial charge is 0.227 e. The van der Waals surface area contributed by atoms with Gasteiger partial charge in [0, 0.05) is 16.5 Å². The van der Waals surface area contributed by atoms with E-state index >= 15 is 0 Å². The number of nitrogens with zero attached hydrogens (tertiary/aromatic N) is 2. The molecule has 2 aromatic rings. The van der Waals surface area contributed by atoms with Crippen LogP contribution in [0.5, 0.6) is 11.6 Å². The molecule has 5 nitrogen and oxygen atoms in total. The summed E-state index contributed by atoms with van der Waals surface area (Å²) in [6.45, 7) is 3.76. The van der Waals surface area contributed by atoms with Gasteiger partial charge in [-0.25, -0.2) is 10.8 Å². The molecule has 2 rings (SSSR count). The molecule has 0 saturated carbocycles. The molecule has 0 fully saturated rings. The predicted molar refractivity (Wildman–Crippen MR) is 80.5 cm³/mol. The molecule has 0 unspecified atom stereocenters. The van der Waals surface area contributed by atoms with Crippen molar-refractivity contribution in [1.82, 2.24) is 9.97 Å². The minimum atomic E-state index is 0.420. The minimum Gasteiger partial charge on any atom is -0.438 e. The van der Waals surface area contributed by atoms with E-state index in [9.17, 15) is 0 Å². The Morgan fingerprint density at radius 1 is 1.20 bits per heavy atom. The summed E-state index contributed by atoms with van der Waals surface area (Å²) in [5.74, 6) is 7.53. The van der Waals surface area contributed by atoms with Crippen LogP contribution >= 0.6 is 23.2 Å². The van der Waals surface area contributed by atoms with Gasteiger partial charge in [-0.1, -0.05) is 30.1 Å². The van der Waals surface area contributed by atoms with Crippen molar-refractivity contribution in [1.29, 1.82) is 0 Å². The maximum absolute atomic E-state index is 5.94. The monoisotopic (exact) mass is 312 g/mol. The van der Waals surface area contributed by atoms with E-state index in [0.29, 0.717) is 45.3 Å². The highest BCUT2D eigenvalue weighted by atomic mass is 35.5. The lowest BCUT2D eigenvalue weighted by Gasteiger charge is -2.12. The first-order valence-corrected chi connectivity index (χ1v) is 6.77. The fraction of sp³-hybridized carbons (Fsp3) is 0.231. The number of aromatic nitrogens is 2. The number of ether oxygens (including phenoxy) is 1. The molecule has 0 radical (unpaired) electrons. The molecule has 0 aliphatic carbocycles. The highest BCUT2D eigenvalue weighted by Gasteiger charge is 2.12. The number of hydrazine groups is 1. The quantitative estimate of drug-likeness (QED) is 0.664. The summed E-state index contributed by atoms with van der Waals surface area (Å²) in [5.41, 5.74) is 3.24. The Kier molecular flexibility index (Phi) is 4.65. The van der Waals surface area contributed by atoms with Gasteiger partial charge in [-0.15, -0.1) is 0 Å². The predicted octanol–water partition coefficient (Wildman–Crippen LogP) is 3.73. The fourth-order valence-corrected chi connectivity index (χ4v) is 2.14. The molecular weight excluding hydrogens is 299 g/mol. The van der Waals surface area contributed by atoms with Gasteiger partial charge in [-0.3, -0.25) is 0 Å². The van der Waals surface area contributed by atoms with Gasteiger partial charge in [0.1, 0.15) is 17.4 Å². The van der Waals surface area contributed by atoms with Crippen LogP contribution in [0.1, 0.15) is 18.3 Å². The van der Waals surface area contributed by atoms with Crippen LogP contribution in [-0.4, -0.2) is 9.97 Å². The number of nitrogen functional groups attached to an aromatic ring is 1. The molecule has 106 valence electrons. The van der Waals surface area contributed by atoms with Crippen molar-refractivity contribution in [3.8, 4) is 11.6 Å². The molecule has 0 saturated heterocycles. The van der Waals surface area contributed by atoms with E-state index in [0.717, 1.165) is 0 Å². The van der Waals surface area contributed by atoms with Gasteiger partial charge in [0.2, 0.25) is 5.88 Å². The van der Waals surface area contributed by atoms with Gasteiger partial charge >= 0.3 is 0 Å². The van der Waals surface area contributed by atoms with Gasteiger partial charge in [-0.05, 0) is 25.1 Å². The minimum absolute atomic E-state index is 0.420. The Labute approximate surface area is 127 Å². The van der Waals surface area contributed by atoms with Crippen LogP contribution in [0.15, 0.2) is 18.2 Å². The van der Waals surface area contributed by atoms with Crippen LogP contribution in [-0.2, 0) is 6.42 Å². The number of hydrogen-bond acceptors (Lipinski definition) is 5. The van der Waals surface area contributed by atoms with Crippen LogP contribution in [0.4, 0.5) is 5.82 Å². The maximum atomic E-state index is 5.94. The van der Waals surface area contributed by atoms with Crippen LogP contribution in [0.25, 0.3) is 0 Å². The molecule has 3 N–H and O–H groups in total. The zero-order valence-electron chi connectivity index (χ0n) is 11.1. The lowest BCUT2D eigenvalue weighted by molar-refractivity contribution is 0.455. The average molecular weight is 313 g/mol. The van der Waals surface area contributed by atoms with Crippen molar-refractivity contribution < 1.29 is 4.74 Å². The first kappa shape index (κ1) is 14.8. The van der Waals surface area contributed by atoms with Crippen LogP contribution in [0.2, 0.25) is 10.0 Å². The van der Waals surface area contributed by atoms with Gasteiger partial charge in [0.15, 0.2) is 0 Å². The molecule has 0 aliphatic rings. The third-order valence-electron chi connectivity index (χ3n) is 2.65. The summed E-state index contributed by atoms with van der Waals surface area (Å²) in [6, 6.07) is 4.96. The van der Waals surface area contributed by atoms with Gasteiger partial charge in [-0.2, -0.15) is 4.98 Å². The largest absolute Gasteiger partial charge is 0.438 e. The highest BCUT2D eigenvalue weighted by Crippen LogP contribution is 2.30. The molecular formula is C13H14Cl2N4O. The van der Waals surface area contributed by atoms with Crippen molar-refractivity contribution in [3.63, 3.8) is 0 Å². The number of rotatable bonds is 4. The molecule has 1 heterocycles. The summed E-state index contributed by atoms with van der Waals surface area (Å²) in [7, 11) is 0. The molecule has 0 bridgehead atoms. The summed E-state index contributed by atoms with van der Waals surface area (Å²) in [4.78, 5) is 8.61. The second kappa shape index (κ2) is 6.26. The number of anilines is 1. The lowest BCUT2D eigenvalue weighted by Crippen LogP contribution is -2.13. The summed E-state index contributed by atoms with van der Waals surface area (Å²) < 4.78 is 5.74. The summed E-state index contributed by atoms with van der Waals surface area (Å²) in [5, 5.41) is 0.985. The number of aryl methyl sites for hydroxylation is 1. The van der Waals surface area contributed by atoms with Crippen molar-refractivity contribution in [2.24, 2.45) is 5.84 Å². The second-order valence-corrected chi connectivity index (χ2v) is 5.00. The number of nitrogens with two attached hydrogens (primary N) is 1. The number of benzene rings is 1. The zero-order chi connectivity index (χ0) is 14.7. The normalized spacial score (nSPS) is 10.4. The maximum Gasteiger partial charge on any atom is 0.227 e. The molecule has 7 heteroatoms. The van der Waals surface area contributed by atoms with E-state index in [4.69, 9.17) is 33.8 Å². The molecule has 1 aromatic carbocycles. The average Bonchev–Trinajstić information content (AvgIpc) is 2.40. The Bertz CT molecular complexity index is 614. The molecule has 20 heavy (non-hydrogen) atoms. The second-order valence-electron chi connectivity index (χ2n) is 4.12. The standard InChI is InChI=1S/C13H14Cl2N4O/c1-3-11-17-12(19-16)7(2)13(18-11)20-10-5-8(14)4-9(15)6-10/h4-6H,3,16H2,1-2H3,(H,17,18,19). The summed E-state index contributed by atoms with van der Waals surface area (Å²) in [6.07, 6.45) is 0.668. The van der Waals surface area contributed by atoms with E-state index in [1.54, 1.807) is 18.2 Å². The van der Waals surface area contributed by atoms with E-state index in [2.05, 4.69) is 15.4 Å². The van der Waals surface area contributed by atoms with E-state index in [1.165, 1.54) is 0 Å². The first-order valence-electron chi connectivity index (χ1n) is 6.01. The Balaban J connectivity index is 2.41. The topological polar surface area (TPSA) is 73.1 Å². The Morgan fingerprint density at radius 3 is 2.40 bits per heavy atom. The number of halogens is 2. The molecule has 0 atom stereocenters. The SMILES string of the molecule is CCc1nc(NN)c(C)c(Oc2cc(Cl)cc(Cl)c2)n1. The molecule has 1 aromatic heterocycles. The van der Waals surface area contributed by atoms with E-state index < -0.39 is 0 Å². The van der Waals surface area contributed by atoms with E-state index in [1.807, 2.05) is 13.8 Å². The molecule has 0 spiro atoms. The van der Waals surface area contributed by atoms with Crippen LogP contribution in [0, 0.1) is 6.92 Å². The zero-order valence-corrected chi connectivity index (χ0v) is 12.6. The van der Waals surface area contributed by atoms with Gasteiger partial charge in [0.25, 0.3) is 0 Å². The molecule has 0 aliphatic heterocycles. The van der Waals surface area contributed by atoms with Crippen LogP contribution < -0.4 is 16.0 Å². The lowest BCUT2D eigenvalue weighted by atomic mass is 10.3. The van der Waals surface area contributed by atoms with Crippen molar-refractivity contribution in [3.05, 3.63) is 39.6 Å². The Hall–Kier alpha value is -1.56. The van der Waals surface area contributed by atoms with Crippen LogP contribution in [0.3, 0.4) is 0 Å². The number of nitrogens with one attached hydrogen (secondary N) is 1. The third kappa shape index (κ3) is 3.30. The summed E-state index contributed by atoms with van der Waals surface area (Å²) >= 11 is 11.9. The fourth-order valence-electron chi connectivity index (χ4n) is 1.64. The van der Waals surface area contributed by atoms with Gasteiger partial charge < -0.3 is 10.2 Å². The molecule has 0 amide bonds. The Morgan fingerprint density at radius 2 is 1.85 bits per heavy atom. The van der Waals surface area contributed by atoms with Crippen molar-refractivity contribution in [2.45, 2.75) is 20.3 Å². The van der Waals surface area contributed by atoms with Crippen molar-refractivity contribution in [2.75, 3.05) is 5.43 Å². The number of hydrogen-bond donors (Lipinski definition) is 2. The van der Waals surface area contributed by atoms with E-state index in [-0.39, 0.29) is 0 Å². The third-order valence-corrected chi connectivity index (χ3v) is 3.09.